The van der Waals surface area contributed by atoms with Gasteiger partial charge >= 0.3 is 0 Å². The van der Waals surface area contributed by atoms with Gasteiger partial charge in [-0.25, -0.2) is 4.98 Å². The van der Waals surface area contributed by atoms with Crippen molar-refractivity contribution in [1.29, 1.82) is 0 Å². The summed E-state index contributed by atoms with van der Waals surface area (Å²) in [5, 5.41) is 4.06. The van der Waals surface area contributed by atoms with Crippen molar-refractivity contribution in [2.75, 3.05) is 26.8 Å². The number of carbonyl (C=O) groups is 1. The molecule has 0 bridgehead atoms. The second kappa shape index (κ2) is 9.49. The molecule has 3 aromatic rings. The molecule has 0 saturated carbocycles. The molecule has 30 heavy (non-hydrogen) atoms. The van der Waals surface area contributed by atoms with Crippen molar-refractivity contribution in [3.05, 3.63) is 71.5 Å². The van der Waals surface area contributed by atoms with E-state index in [2.05, 4.69) is 15.1 Å². The number of pyridine rings is 1. The Labute approximate surface area is 174 Å². The zero-order valence-corrected chi connectivity index (χ0v) is 16.9. The number of benzene rings is 1. The first-order valence-electron chi connectivity index (χ1n) is 9.96. The molecule has 1 aromatic carbocycles. The fourth-order valence-corrected chi connectivity index (χ4v) is 3.42. The molecule has 0 radical (unpaired) electrons. The molecular formula is C22H24N4O4. The first-order valence-corrected chi connectivity index (χ1v) is 9.96. The van der Waals surface area contributed by atoms with Crippen LogP contribution in [0, 0.1) is 0 Å². The Morgan fingerprint density at radius 3 is 2.87 bits per heavy atom. The number of hydrogen-bond acceptors (Lipinski definition) is 7. The van der Waals surface area contributed by atoms with Crippen LogP contribution in [-0.2, 0) is 17.8 Å². The van der Waals surface area contributed by atoms with Crippen LogP contribution in [0.5, 0.6) is 5.88 Å². The molecule has 8 heteroatoms. The maximum atomic E-state index is 12.7. The third-order valence-electron chi connectivity index (χ3n) is 5.08. The van der Waals surface area contributed by atoms with Crippen LogP contribution in [0.1, 0.15) is 40.0 Å². The summed E-state index contributed by atoms with van der Waals surface area (Å²) in [6.45, 7) is 2.28. The predicted molar refractivity (Wildman–Crippen MR) is 108 cm³/mol. The van der Waals surface area contributed by atoms with Gasteiger partial charge in [0.05, 0.1) is 31.8 Å². The first kappa shape index (κ1) is 20.0. The van der Waals surface area contributed by atoms with Crippen LogP contribution < -0.4 is 4.74 Å². The number of aromatic nitrogens is 3. The van der Waals surface area contributed by atoms with Crippen molar-refractivity contribution < 1.29 is 18.8 Å². The maximum absolute atomic E-state index is 12.7. The van der Waals surface area contributed by atoms with Gasteiger partial charge in [-0.1, -0.05) is 35.5 Å². The predicted octanol–water partition coefficient (Wildman–Crippen LogP) is 2.86. The molecule has 1 saturated heterocycles. The summed E-state index contributed by atoms with van der Waals surface area (Å²) < 4.78 is 16.2. The highest BCUT2D eigenvalue weighted by Crippen LogP contribution is 2.27. The fourth-order valence-electron chi connectivity index (χ4n) is 3.42. The number of amides is 1. The van der Waals surface area contributed by atoms with E-state index >= 15 is 0 Å². The van der Waals surface area contributed by atoms with E-state index in [1.165, 1.54) is 6.20 Å². The molecular weight excluding hydrogens is 384 g/mol. The lowest BCUT2D eigenvalue weighted by molar-refractivity contribution is 0.0789. The van der Waals surface area contributed by atoms with Gasteiger partial charge in [-0.05, 0) is 18.1 Å². The number of ether oxygens (including phenoxy) is 2. The molecule has 3 heterocycles. The minimum atomic E-state index is -0.0540. The van der Waals surface area contributed by atoms with Crippen LogP contribution in [-0.4, -0.2) is 52.7 Å². The normalized spacial score (nSPS) is 16.0. The van der Waals surface area contributed by atoms with E-state index in [1.54, 1.807) is 24.1 Å². The Morgan fingerprint density at radius 2 is 2.10 bits per heavy atom. The molecule has 0 N–H and O–H groups in total. The van der Waals surface area contributed by atoms with Crippen LogP contribution in [0.15, 0.2) is 53.2 Å². The number of likely N-dealkylation sites (tertiary alicyclic amines) is 1. The summed E-state index contributed by atoms with van der Waals surface area (Å²) in [6.07, 6.45) is 2.92. The van der Waals surface area contributed by atoms with Crippen molar-refractivity contribution in [3.8, 4) is 5.88 Å². The largest absolute Gasteiger partial charge is 0.481 e. The van der Waals surface area contributed by atoms with Gasteiger partial charge < -0.3 is 18.9 Å². The van der Waals surface area contributed by atoms with E-state index in [4.69, 9.17) is 14.0 Å². The smallest absolute Gasteiger partial charge is 0.255 e. The van der Waals surface area contributed by atoms with Crippen LogP contribution in [0.4, 0.5) is 0 Å². The molecule has 156 valence electrons. The molecule has 8 nitrogen and oxygen atoms in total. The Hall–Kier alpha value is -3.26. The fraction of sp³-hybridized carbons (Fsp3) is 0.364. The van der Waals surface area contributed by atoms with Crippen molar-refractivity contribution >= 4 is 5.91 Å². The molecule has 1 unspecified atom stereocenters. The van der Waals surface area contributed by atoms with Gasteiger partial charge in [-0.3, -0.25) is 4.79 Å². The Kier molecular flexibility index (Phi) is 6.34. The van der Waals surface area contributed by atoms with Gasteiger partial charge in [0, 0.05) is 31.8 Å². The Bertz CT molecular complexity index is 959. The Balaban J connectivity index is 1.26. The zero-order chi connectivity index (χ0) is 20.8. The van der Waals surface area contributed by atoms with Gasteiger partial charge in [0.1, 0.15) is 0 Å². The highest BCUT2D eigenvalue weighted by atomic mass is 16.5. The average molecular weight is 408 g/mol. The molecule has 1 amide bonds. The monoisotopic (exact) mass is 408 g/mol. The first-order chi connectivity index (χ1) is 14.7. The maximum Gasteiger partial charge on any atom is 0.255 e. The minimum absolute atomic E-state index is 0.0478. The highest BCUT2D eigenvalue weighted by molar-refractivity contribution is 5.94. The molecule has 0 aliphatic carbocycles. The number of hydrogen-bond donors (Lipinski definition) is 0. The Morgan fingerprint density at radius 1 is 1.23 bits per heavy atom. The lowest BCUT2D eigenvalue weighted by Crippen LogP contribution is -2.28. The van der Waals surface area contributed by atoms with Crippen LogP contribution in [0.3, 0.4) is 0 Å². The van der Waals surface area contributed by atoms with Gasteiger partial charge in [0.15, 0.2) is 5.82 Å². The van der Waals surface area contributed by atoms with Gasteiger partial charge in [-0.15, -0.1) is 0 Å². The summed E-state index contributed by atoms with van der Waals surface area (Å²) >= 11 is 0. The second-order valence-corrected chi connectivity index (χ2v) is 7.16. The molecule has 2 aromatic heterocycles. The minimum Gasteiger partial charge on any atom is -0.481 e. The molecule has 1 aliphatic heterocycles. The van der Waals surface area contributed by atoms with E-state index in [1.807, 2.05) is 30.3 Å². The van der Waals surface area contributed by atoms with Crippen LogP contribution in [0.25, 0.3) is 0 Å². The quantitative estimate of drug-likeness (QED) is 0.529. The number of carbonyl (C=O) groups excluding carboxylic acids is 1. The molecule has 1 fully saturated rings. The second-order valence-electron chi connectivity index (χ2n) is 7.16. The molecule has 1 aliphatic rings. The van der Waals surface area contributed by atoms with E-state index in [0.717, 1.165) is 12.0 Å². The summed E-state index contributed by atoms with van der Waals surface area (Å²) in [5.41, 5.74) is 1.67. The van der Waals surface area contributed by atoms with Crippen LogP contribution in [0.2, 0.25) is 0 Å². The standard InChI is InChI=1S/C22H24N4O4/c1-28-20-8-7-17(13-23-20)22(27)26-11-9-18(14-26)21-24-19(25-30-21)10-12-29-15-16-5-3-2-4-6-16/h2-8,13,18H,9-12,14-15H2,1H3. The number of methoxy groups -OCH3 is 1. The van der Waals surface area contributed by atoms with Crippen molar-refractivity contribution in [2.24, 2.45) is 0 Å². The molecule has 1 atom stereocenters. The van der Waals surface area contributed by atoms with E-state index in [9.17, 15) is 4.79 Å². The summed E-state index contributed by atoms with van der Waals surface area (Å²) in [7, 11) is 1.54. The van der Waals surface area contributed by atoms with E-state index in [0.29, 0.717) is 55.9 Å². The van der Waals surface area contributed by atoms with Crippen LogP contribution >= 0.6 is 0 Å². The highest BCUT2D eigenvalue weighted by Gasteiger charge is 2.31. The van der Waals surface area contributed by atoms with Crippen molar-refractivity contribution in [2.45, 2.75) is 25.4 Å². The van der Waals surface area contributed by atoms with Crippen molar-refractivity contribution in [3.63, 3.8) is 0 Å². The summed E-state index contributed by atoms with van der Waals surface area (Å²) in [6, 6.07) is 13.4. The SMILES string of the molecule is COc1ccc(C(=O)N2CCC(c3nc(CCOCc4ccccc4)no3)C2)cn1. The van der Waals surface area contributed by atoms with Crippen molar-refractivity contribution in [1.82, 2.24) is 20.0 Å². The lowest BCUT2D eigenvalue weighted by atomic mass is 10.1. The zero-order valence-electron chi connectivity index (χ0n) is 16.9. The van der Waals surface area contributed by atoms with Gasteiger partial charge in [0.2, 0.25) is 11.8 Å². The van der Waals surface area contributed by atoms with E-state index < -0.39 is 0 Å². The molecule has 0 spiro atoms. The number of nitrogens with zero attached hydrogens (tertiary/aromatic N) is 4. The molecule has 4 rings (SSSR count). The van der Waals surface area contributed by atoms with E-state index in [-0.39, 0.29) is 11.8 Å². The summed E-state index contributed by atoms with van der Waals surface area (Å²) in [5.74, 6) is 1.68. The topological polar surface area (TPSA) is 90.6 Å². The lowest BCUT2D eigenvalue weighted by Gasteiger charge is -2.15. The van der Waals surface area contributed by atoms with Gasteiger partial charge in [-0.2, -0.15) is 4.98 Å². The number of rotatable bonds is 8. The van der Waals surface area contributed by atoms with Gasteiger partial charge in [0.25, 0.3) is 5.91 Å². The summed E-state index contributed by atoms with van der Waals surface area (Å²) in [4.78, 5) is 23.1. The third kappa shape index (κ3) is 4.83. The average Bonchev–Trinajstić information content (AvgIpc) is 3.47. The third-order valence-corrected chi connectivity index (χ3v) is 5.08.